The van der Waals surface area contributed by atoms with Crippen molar-refractivity contribution in [2.45, 2.75) is 58.7 Å². The van der Waals surface area contributed by atoms with Gasteiger partial charge in [-0.2, -0.15) is 0 Å². The molecule has 1 aliphatic rings. The van der Waals surface area contributed by atoms with E-state index in [0.29, 0.717) is 24.3 Å². The molecule has 1 aliphatic heterocycles. The number of amides is 1. The van der Waals surface area contributed by atoms with Crippen LogP contribution >= 0.6 is 0 Å². The van der Waals surface area contributed by atoms with Crippen LogP contribution in [-0.2, 0) is 0 Å². The second kappa shape index (κ2) is 5.91. The highest BCUT2D eigenvalue weighted by Gasteiger charge is 2.28. The molecule has 112 valence electrons. The molecule has 20 heavy (non-hydrogen) atoms. The Kier molecular flexibility index (Phi) is 4.42. The van der Waals surface area contributed by atoms with Gasteiger partial charge in [0.25, 0.3) is 5.91 Å². The highest BCUT2D eigenvalue weighted by molar-refractivity contribution is 5.93. The number of likely N-dealkylation sites (tertiary alicyclic amines) is 1. The van der Waals surface area contributed by atoms with E-state index in [1.165, 1.54) is 6.42 Å². The van der Waals surface area contributed by atoms with Gasteiger partial charge in [-0.15, -0.1) is 5.10 Å². The summed E-state index contributed by atoms with van der Waals surface area (Å²) in [5.41, 5.74) is 1.26. The van der Waals surface area contributed by atoms with Crippen molar-refractivity contribution in [1.29, 1.82) is 0 Å². The maximum absolute atomic E-state index is 12.2. The summed E-state index contributed by atoms with van der Waals surface area (Å²) in [5, 5.41) is 11.0. The molecule has 2 atom stereocenters. The van der Waals surface area contributed by atoms with Crippen LogP contribution in [0.25, 0.3) is 0 Å². The lowest BCUT2D eigenvalue weighted by atomic mass is 10.2. The lowest BCUT2D eigenvalue weighted by Gasteiger charge is -2.23. The molecule has 6 nitrogen and oxygen atoms in total. The number of nitrogens with zero attached hydrogens (tertiary/aromatic N) is 4. The molecule has 1 aromatic heterocycles. The monoisotopic (exact) mass is 279 g/mol. The van der Waals surface area contributed by atoms with Gasteiger partial charge >= 0.3 is 0 Å². The van der Waals surface area contributed by atoms with Gasteiger partial charge in [0.15, 0.2) is 5.69 Å². The highest BCUT2D eigenvalue weighted by atomic mass is 16.2. The predicted molar refractivity (Wildman–Crippen MR) is 77.7 cm³/mol. The maximum atomic E-state index is 12.2. The molecule has 0 saturated carbocycles. The van der Waals surface area contributed by atoms with Gasteiger partial charge < -0.3 is 5.32 Å². The van der Waals surface area contributed by atoms with Crippen molar-refractivity contribution in [3.05, 3.63) is 11.4 Å². The number of nitrogens with one attached hydrogen (secondary N) is 1. The van der Waals surface area contributed by atoms with E-state index in [9.17, 15) is 4.79 Å². The Morgan fingerprint density at radius 1 is 1.45 bits per heavy atom. The van der Waals surface area contributed by atoms with Crippen LogP contribution in [-0.4, -0.2) is 51.5 Å². The van der Waals surface area contributed by atoms with Crippen molar-refractivity contribution in [3.63, 3.8) is 0 Å². The number of carbonyl (C=O) groups excluding carboxylic acids is 1. The first-order valence-electron chi connectivity index (χ1n) is 7.33. The molecular formula is C14H25N5O. The molecule has 1 fully saturated rings. The zero-order chi connectivity index (χ0) is 14.9. The van der Waals surface area contributed by atoms with Crippen LogP contribution in [0.1, 0.15) is 55.8 Å². The van der Waals surface area contributed by atoms with Crippen LogP contribution < -0.4 is 5.32 Å². The van der Waals surface area contributed by atoms with Crippen LogP contribution in [0.5, 0.6) is 0 Å². The Labute approximate surface area is 120 Å². The third-order valence-corrected chi connectivity index (χ3v) is 4.32. The number of hydrogen-bond donors (Lipinski definition) is 1. The van der Waals surface area contributed by atoms with E-state index in [4.69, 9.17) is 0 Å². The fraction of sp³-hybridized carbons (Fsp3) is 0.786. The van der Waals surface area contributed by atoms with Crippen LogP contribution in [0, 0.1) is 6.92 Å². The fourth-order valence-electron chi connectivity index (χ4n) is 2.78. The largest absolute Gasteiger partial charge is 0.349 e. The van der Waals surface area contributed by atoms with Crippen molar-refractivity contribution < 1.29 is 4.79 Å². The van der Waals surface area contributed by atoms with Crippen LogP contribution in [0.15, 0.2) is 0 Å². The number of carbonyl (C=O) groups is 1. The average molecular weight is 279 g/mol. The van der Waals surface area contributed by atoms with Crippen molar-refractivity contribution >= 4 is 5.91 Å². The summed E-state index contributed by atoms with van der Waals surface area (Å²) in [6.07, 6.45) is 2.33. The van der Waals surface area contributed by atoms with Gasteiger partial charge in [0, 0.05) is 24.7 Å². The van der Waals surface area contributed by atoms with E-state index in [0.717, 1.165) is 12.1 Å². The zero-order valence-corrected chi connectivity index (χ0v) is 13.1. The van der Waals surface area contributed by atoms with E-state index in [-0.39, 0.29) is 11.9 Å². The second-order valence-corrected chi connectivity index (χ2v) is 6.02. The molecule has 0 spiro atoms. The van der Waals surface area contributed by atoms with Gasteiger partial charge in [-0.25, -0.2) is 4.68 Å². The molecule has 1 saturated heterocycles. The Balaban J connectivity index is 1.96. The van der Waals surface area contributed by atoms with E-state index in [1.54, 1.807) is 4.68 Å². The summed E-state index contributed by atoms with van der Waals surface area (Å²) in [4.78, 5) is 14.5. The fourth-order valence-corrected chi connectivity index (χ4v) is 2.78. The van der Waals surface area contributed by atoms with Gasteiger partial charge in [-0.1, -0.05) is 5.21 Å². The molecule has 1 amide bonds. The SMILES string of the molecule is Cc1c(C(=O)NC[C@@H]2CC[C@H](C)N2C)nnn1C(C)C. The molecule has 1 N–H and O–H groups in total. The minimum atomic E-state index is -0.123. The predicted octanol–water partition coefficient (Wildman–Crippen LogP) is 1.38. The van der Waals surface area contributed by atoms with Gasteiger partial charge in [0.1, 0.15) is 0 Å². The Bertz CT molecular complexity index is 482. The summed E-state index contributed by atoms with van der Waals surface area (Å²) < 4.78 is 1.78. The minimum absolute atomic E-state index is 0.123. The molecule has 0 radical (unpaired) electrons. The number of likely N-dealkylation sites (N-methyl/N-ethyl adjacent to an activating group) is 1. The van der Waals surface area contributed by atoms with Gasteiger partial charge in [0.2, 0.25) is 0 Å². The van der Waals surface area contributed by atoms with Gasteiger partial charge in [0.05, 0.1) is 5.69 Å². The lowest BCUT2D eigenvalue weighted by molar-refractivity contribution is 0.0935. The van der Waals surface area contributed by atoms with E-state index < -0.39 is 0 Å². The lowest BCUT2D eigenvalue weighted by Crippen LogP contribution is -2.40. The van der Waals surface area contributed by atoms with Crippen molar-refractivity contribution in [2.24, 2.45) is 0 Å². The van der Waals surface area contributed by atoms with Crippen molar-refractivity contribution in [1.82, 2.24) is 25.2 Å². The van der Waals surface area contributed by atoms with Crippen molar-refractivity contribution in [3.8, 4) is 0 Å². The van der Waals surface area contributed by atoms with Gasteiger partial charge in [-0.3, -0.25) is 9.69 Å². The van der Waals surface area contributed by atoms with E-state index >= 15 is 0 Å². The average Bonchev–Trinajstić information content (AvgIpc) is 2.92. The summed E-state index contributed by atoms with van der Waals surface area (Å²) >= 11 is 0. The van der Waals surface area contributed by atoms with Crippen LogP contribution in [0.2, 0.25) is 0 Å². The molecule has 0 aromatic carbocycles. The topological polar surface area (TPSA) is 63.1 Å². The molecular weight excluding hydrogens is 254 g/mol. The number of hydrogen-bond acceptors (Lipinski definition) is 4. The Morgan fingerprint density at radius 2 is 2.15 bits per heavy atom. The van der Waals surface area contributed by atoms with E-state index in [2.05, 4.69) is 34.5 Å². The number of aromatic nitrogens is 3. The first kappa shape index (κ1) is 15.0. The smallest absolute Gasteiger partial charge is 0.273 e. The molecule has 6 heteroatoms. The van der Waals surface area contributed by atoms with Crippen LogP contribution in [0.4, 0.5) is 0 Å². The third kappa shape index (κ3) is 2.85. The molecule has 0 aliphatic carbocycles. The minimum Gasteiger partial charge on any atom is -0.349 e. The molecule has 0 unspecified atom stereocenters. The third-order valence-electron chi connectivity index (χ3n) is 4.32. The van der Waals surface area contributed by atoms with E-state index in [1.807, 2.05) is 20.8 Å². The quantitative estimate of drug-likeness (QED) is 0.904. The summed E-state index contributed by atoms with van der Waals surface area (Å²) in [5.74, 6) is -0.123. The molecule has 2 heterocycles. The highest BCUT2D eigenvalue weighted by Crippen LogP contribution is 2.21. The van der Waals surface area contributed by atoms with Crippen molar-refractivity contribution in [2.75, 3.05) is 13.6 Å². The van der Waals surface area contributed by atoms with Gasteiger partial charge in [-0.05, 0) is 47.6 Å². The second-order valence-electron chi connectivity index (χ2n) is 6.02. The standard InChI is InChI=1S/C14H25N5O/c1-9(2)19-11(4)13(16-17-19)14(20)15-8-12-7-6-10(3)18(12)5/h9-10,12H,6-8H2,1-5H3,(H,15,20)/t10-,12-/m0/s1. The first-order chi connectivity index (χ1) is 9.41. The summed E-state index contributed by atoms with van der Waals surface area (Å²) in [7, 11) is 2.12. The van der Waals surface area contributed by atoms with Crippen LogP contribution in [0.3, 0.4) is 0 Å². The molecule has 2 rings (SSSR count). The number of rotatable bonds is 4. The Hall–Kier alpha value is -1.43. The zero-order valence-electron chi connectivity index (χ0n) is 13.1. The summed E-state index contributed by atoms with van der Waals surface area (Å²) in [6, 6.07) is 1.24. The normalized spacial score (nSPS) is 23.5. The first-order valence-corrected chi connectivity index (χ1v) is 7.33. The summed E-state index contributed by atoms with van der Waals surface area (Å²) in [6.45, 7) is 8.84. The Morgan fingerprint density at radius 3 is 2.65 bits per heavy atom. The maximum Gasteiger partial charge on any atom is 0.273 e. The molecule has 0 bridgehead atoms. The molecule has 1 aromatic rings.